The molecule has 2 aromatic heterocycles. The monoisotopic (exact) mass is 509 g/mol. The van der Waals surface area contributed by atoms with E-state index in [1.54, 1.807) is 24.3 Å². The van der Waals surface area contributed by atoms with E-state index in [0.717, 1.165) is 41.3 Å². The van der Waals surface area contributed by atoms with E-state index in [0.29, 0.717) is 35.8 Å². The molecule has 1 aliphatic rings. The Morgan fingerprint density at radius 1 is 1.17 bits per heavy atom. The van der Waals surface area contributed by atoms with Gasteiger partial charge in [-0.25, -0.2) is 17.8 Å². The van der Waals surface area contributed by atoms with Crippen LogP contribution >= 0.6 is 0 Å². The minimum Gasteiger partial charge on any atom is -0.477 e. The van der Waals surface area contributed by atoms with Crippen molar-refractivity contribution in [3.8, 4) is 17.1 Å². The Labute approximate surface area is 209 Å². The average Bonchev–Trinajstić information content (AvgIpc) is 3.19. The van der Waals surface area contributed by atoms with Crippen LogP contribution in [0.3, 0.4) is 0 Å². The van der Waals surface area contributed by atoms with Gasteiger partial charge in [-0.15, -0.1) is 0 Å². The van der Waals surface area contributed by atoms with Crippen molar-refractivity contribution >= 4 is 26.6 Å². The highest BCUT2D eigenvalue weighted by molar-refractivity contribution is 7.92. The van der Waals surface area contributed by atoms with Gasteiger partial charge >= 0.3 is 0 Å². The zero-order valence-corrected chi connectivity index (χ0v) is 21.1. The third-order valence-corrected chi connectivity index (χ3v) is 7.83. The second-order valence-electron chi connectivity index (χ2n) is 9.39. The largest absolute Gasteiger partial charge is 0.477 e. The number of nitrogens with one attached hydrogen (secondary N) is 2. The first kappa shape index (κ1) is 24.2. The Hall–Kier alpha value is -3.50. The number of pyridine rings is 1. The van der Waals surface area contributed by atoms with Crippen molar-refractivity contribution in [3.63, 3.8) is 0 Å². The molecule has 1 aliphatic heterocycles. The molecule has 36 heavy (non-hydrogen) atoms. The summed E-state index contributed by atoms with van der Waals surface area (Å²) in [4.78, 5) is 6.77. The summed E-state index contributed by atoms with van der Waals surface area (Å²) in [6.07, 6.45) is 0. The van der Waals surface area contributed by atoms with Crippen LogP contribution < -0.4 is 9.46 Å². The molecule has 0 unspecified atom stereocenters. The summed E-state index contributed by atoms with van der Waals surface area (Å²) >= 11 is 0. The zero-order chi connectivity index (χ0) is 25.4. The molecule has 1 fully saturated rings. The maximum Gasteiger partial charge on any atom is 0.264 e. The molecule has 3 heterocycles. The van der Waals surface area contributed by atoms with Crippen LogP contribution in [0.25, 0.3) is 22.2 Å². The van der Waals surface area contributed by atoms with Gasteiger partial charge in [0, 0.05) is 42.0 Å². The Kier molecular flexibility index (Phi) is 6.40. The number of benzene rings is 2. The molecular formula is C26H28FN5O3S. The molecule has 4 aromatic rings. The lowest BCUT2D eigenvalue weighted by Crippen LogP contribution is -2.52. The maximum absolute atomic E-state index is 14.0. The second kappa shape index (κ2) is 9.51. The number of likely N-dealkylation sites (tertiary alicyclic amines) is 1. The number of nitrogens with zero attached hydrogens (tertiary/aromatic N) is 3. The predicted molar refractivity (Wildman–Crippen MR) is 137 cm³/mol. The van der Waals surface area contributed by atoms with Crippen LogP contribution in [0.15, 0.2) is 59.5 Å². The number of fused-ring (bicyclic) bond motifs is 1. The lowest BCUT2D eigenvalue weighted by molar-refractivity contribution is 0.0369. The third-order valence-electron chi connectivity index (χ3n) is 6.42. The summed E-state index contributed by atoms with van der Waals surface area (Å²) in [5.41, 5.74) is 3.37. The van der Waals surface area contributed by atoms with E-state index in [1.165, 1.54) is 18.2 Å². The first-order valence-electron chi connectivity index (χ1n) is 11.8. The molecule has 0 atom stereocenters. The number of halogens is 1. The topological polar surface area (TPSA) is 100 Å². The molecule has 0 amide bonds. The first-order chi connectivity index (χ1) is 17.2. The predicted octanol–water partition coefficient (Wildman–Crippen LogP) is 4.59. The van der Waals surface area contributed by atoms with Gasteiger partial charge in [0.15, 0.2) is 0 Å². The summed E-state index contributed by atoms with van der Waals surface area (Å²) in [6, 6.07) is 14.4. The van der Waals surface area contributed by atoms with E-state index < -0.39 is 20.7 Å². The molecule has 2 N–H and O–H groups in total. The van der Waals surface area contributed by atoms with Crippen molar-refractivity contribution in [1.29, 1.82) is 0 Å². The van der Waals surface area contributed by atoms with Crippen LogP contribution in [0.2, 0.25) is 0 Å². The fourth-order valence-corrected chi connectivity index (χ4v) is 5.46. The summed E-state index contributed by atoms with van der Waals surface area (Å²) in [6.45, 7) is 8.91. The Morgan fingerprint density at radius 3 is 2.58 bits per heavy atom. The highest BCUT2D eigenvalue weighted by Crippen LogP contribution is 2.32. The molecule has 10 heteroatoms. The maximum atomic E-state index is 14.0. The zero-order valence-electron chi connectivity index (χ0n) is 20.3. The molecule has 2 aromatic carbocycles. The third kappa shape index (κ3) is 4.78. The number of aromatic amines is 1. The van der Waals surface area contributed by atoms with Gasteiger partial charge < -0.3 is 9.64 Å². The van der Waals surface area contributed by atoms with Gasteiger partial charge in [-0.05, 0) is 51.1 Å². The number of ether oxygens (including phenoxy) is 1. The molecule has 0 radical (unpaired) electrons. The molecule has 1 saturated heterocycles. The van der Waals surface area contributed by atoms with Gasteiger partial charge in [-0.2, -0.15) is 5.10 Å². The van der Waals surface area contributed by atoms with E-state index in [9.17, 15) is 12.8 Å². The Balaban J connectivity index is 1.36. The number of hydrogen-bond acceptors (Lipinski definition) is 6. The van der Waals surface area contributed by atoms with Crippen molar-refractivity contribution < 1.29 is 17.5 Å². The molecular weight excluding hydrogens is 481 g/mol. The Bertz CT molecular complexity index is 1500. The van der Waals surface area contributed by atoms with Crippen LogP contribution in [0.4, 0.5) is 10.1 Å². The molecule has 0 spiro atoms. The average molecular weight is 510 g/mol. The summed E-state index contributed by atoms with van der Waals surface area (Å²) in [5.74, 6) is 0.183. The van der Waals surface area contributed by atoms with Gasteiger partial charge in [0.1, 0.15) is 10.7 Å². The lowest BCUT2D eigenvalue weighted by Gasteiger charge is -2.41. The number of anilines is 1. The van der Waals surface area contributed by atoms with Gasteiger partial charge in [-0.1, -0.05) is 24.3 Å². The SMILES string of the molecule is Cc1[nH]nc2cc(-c3ccc(NS(=O)(=O)c4ccccc4F)cc3)nc(OCC3CN(C(C)C)C3)c12. The van der Waals surface area contributed by atoms with Crippen LogP contribution in [0.1, 0.15) is 19.5 Å². The number of hydrogen-bond donors (Lipinski definition) is 2. The quantitative estimate of drug-likeness (QED) is 0.360. The summed E-state index contributed by atoms with van der Waals surface area (Å²) < 4.78 is 47.8. The van der Waals surface area contributed by atoms with Crippen LogP contribution in [-0.4, -0.2) is 54.2 Å². The molecule has 0 aliphatic carbocycles. The normalized spacial score (nSPS) is 14.8. The lowest BCUT2D eigenvalue weighted by atomic mass is 9.99. The Morgan fingerprint density at radius 2 is 1.89 bits per heavy atom. The minimum atomic E-state index is -4.05. The number of rotatable bonds is 8. The molecule has 0 bridgehead atoms. The molecule has 8 nitrogen and oxygen atoms in total. The highest BCUT2D eigenvalue weighted by Gasteiger charge is 2.29. The van der Waals surface area contributed by atoms with Gasteiger partial charge in [0.25, 0.3) is 10.0 Å². The standard InChI is InChI=1S/C26H28FN5O3S/c1-16(2)32-13-18(14-32)15-35-26-25-17(3)29-30-23(25)12-22(28-26)19-8-10-20(11-9-19)31-36(33,34)24-7-5-4-6-21(24)27/h4-12,16,18,31H,13-15H2,1-3H3,(H,29,30). The smallest absolute Gasteiger partial charge is 0.264 e. The first-order valence-corrected chi connectivity index (χ1v) is 13.3. The van der Waals surface area contributed by atoms with Crippen LogP contribution in [0, 0.1) is 18.7 Å². The van der Waals surface area contributed by atoms with Crippen molar-refractivity contribution in [2.75, 3.05) is 24.4 Å². The minimum absolute atomic E-state index is 0.315. The van der Waals surface area contributed by atoms with Crippen LogP contribution in [-0.2, 0) is 10.0 Å². The van der Waals surface area contributed by atoms with E-state index in [4.69, 9.17) is 9.72 Å². The fraction of sp³-hybridized carbons (Fsp3) is 0.308. The summed E-state index contributed by atoms with van der Waals surface area (Å²) in [5, 5.41) is 8.25. The molecule has 0 saturated carbocycles. The van der Waals surface area contributed by atoms with Gasteiger partial charge in [0.2, 0.25) is 5.88 Å². The number of sulfonamides is 1. The van der Waals surface area contributed by atoms with E-state index in [2.05, 4.69) is 33.7 Å². The fourth-order valence-electron chi connectivity index (χ4n) is 4.32. The van der Waals surface area contributed by atoms with E-state index in [1.807, 2.05) is 13.0 Å². The van der Waals surface area contributed by atoms with Gasteiger partial charge in [0.05, 0.1) is 23.2 Å². The number of aromatic nitrogens is 3. The van der Waals surface area contributed by atoms with Crippen molar-refractivity contribution in [1.82, 2.24) is 20.1 Å². The highest BCUT2D eigenvalue weighted by atomic mass is 32.2. The van der Waals surface area contributed by atoms with Gasteiger partial charge in [-0.3, -0.25) is 9.82 Å². The van der Waals surface area contributed by atoms with E-state index in [-0.39, 0.29) is 0 Å². The number of aryl methyl sites for hydroxylation is 1. The number of H-pyrrole nitrogens is 1. The molecule has 5 rings (SSSR count). The second-order valence-corrected chi connectivity index (χ2v) is 11.0. The van der Waals surface area contributed by atoms with Crippen molar-refractivity contribution in [2.24, 2.45) is 5.92 Å². The summed E-state index contributed by atoms with van der Waals surface area (Å²) in [7, 11) is -4.05. The van der Waals surface area contributed by atoms with Crippen LogP contribution in [0.5, 0.6) is 5.88 Å². The van der Waals surface area contributed by atoms with Crippen molar-refractivity contribution in [3.05, 3.63) is 66.1 Å². The van der Waals surface area contributed by atoms with E-state index >= 15 is 0 Å². The van der Waals surface area contributed by atoms with Crippen molar-refractivity contribution in [2.45, 2.75) is 31.7 Å². The molecule has 188 valence electrons.